The fraction of sp³-hybridized carbons (Fsp3) is 0.143. The minimum absolute atomic E-state index is 0.0786. The molecule has 0 spiro atoms. The maximum absolute atomic E-state index is 13.8. The second-order valence-electron chi connectivity index (χ2n) is 3.96. The number of nitrogens with two attached hydrogens (primary N) is 1. The molecule has 2 N–H and O–H groups in total. The third kappa shape index (κ3) is 3.06. The van der Waals surface area contributed by atoms with Crippen LogP contribution in [0.5, 0.6) is 5.75 Å². The van der Waals surface area contributed by atoms with Crippen molar-refractivity contribution in [1.29, 1.82) is 0 Å². The maximum Gasteiger partial charge on any atom is 0.162 e. The van der Waals surface area contributed by atoms with Crippen molar-refractivity contribution in [3.8, 4) is 5.75 Å². The van der Waals surface area contributed by atoms with E-state index < -0.39 is 17.5 Å². The lowest BCUT2D eigenvalue weighted by Crippen LogP contribution is -2.05. The zero-order chi connectivity index (χ0) is 13.8. The molecule has 0 radical (unpaired) electrons. The van der Waals surface area contributed by atoms with Gasteiger partial charge in [-0.3, -0.25) is 0 Å². The molecule has 2 aromatic carbocycles. The van der Waals surface area contributed by atoms with Crippen molar-refractivity contribution in [3.63, 3.8) is 0 Å². The Labute approximate surface area is 108 Å². The summed E-state index contributed by atoms with van der Waals surface area (Å²) >= 11 is 0. The molecule has 0 unspecified atom stereocenters. The predicted molar refractivity (Wildman–Crippen MR) is 65.0 cm³/mol. The van der Waals surface area contributed by atoms with Crippen molar-refractivity contribution < 1.29 is 17.9 Å². The molecule has 0 saturated heterocycles. The Morgan fingerprint density at radius 1 is 0.947 bits per heavy atom. The van der Waals surface area contributed by atoms with Gasteiger partial charge in [0.15, 0.2) is 11.6 Å². The van der Waals surface area contributed by atoms with E-state index in [9.17, 15) is 13.2 Å². The lowest BCUT2D eigenvalue weighted by molar-refractivity contribution is 0.296. The van der Waals surface area contributed by atoms with Crippen LogP contribution in [0.25, 0.3) is 0 Å². The Balaban J connectivity index is 2.12. The third-order valence-corrected chi connectivity index (χ3v) is 2.66. The van der Waals surface area contributed by atoms with Gasteiger partial charge >= 0.3 is 0 Å². The number of hydrogen-bond donors (Lipinski definition) is 1. The van der Waals surface area contributed by atoms with Crippen LogP contribution in [0.2, 0.25) is 0 Å². The van der Waals surface area contributed by atoms with E-state index in [1.165, 1.54) is 6.07 Å². The van der Waals surface area contributed by atoms with Crippen LogP contribution < -0.4 is 10.5 Å². The Hall–Kier alpha value is -2.01. The molecule has 0 aliphatic heterocycles. The normalized spacial score (nSPS) is 10.5. The van der Waals surface area contributed by atoms with Crippen molar-refractivity contribution >= 4 is 0 Å². The van der Waals surface area contributed by atoms with Crippen molar-refractivity contribution in [2.45, 2.75) is 13.2 Å². The fourth-order valence-corrected chi connectivity index (χ4v) is 1.63. The van der Waals surface area contributed by atoms with E-state index in [1.807, 2.05) is 0 Å². The number of benzene rings is 2. The molecule has 0 fully saturated rings. The highest BCUT2D eigenvalue weighted by atomic mass is 19.2. The van der Waals surface area contributed by atoms with Gasteiger partial charge in [-0.25, -0.2) is 13.2 Å². The van der Waals surface area contributed by atoms with E-state index in [0.29, 0.717) is 11.1 Å². The zero-order valence-electron chi connectivity index (χ0n) is 10.00. The Bertz CT molecular complexity index is 587. The molecule has 2 nitrogen and oxygen atoms in total. The average molecular weight is 267 g/mol. The molecule has 0 atom stereocenters. The lowest BCUT2D eigenvalue weighted by Gasteiger charge is -2.09. The lowest BCUT2D eigenvalue weighted by atomic mass is 10.1. The molecular formula is C14H12F3NO. The number of rotatable bonds is 4. The predicted octanol–water partition coefficient (Wildman–Crippen LogP) is 3.14. The highest BCUT2D eigenvalue weighted by Crippen LogP contribution is 2.19. The van der Waals surface area contributed by atoms with Crippen LogP contribution in [0.1, 0.15) is 11.1 Å². The molecular weight excluding hydrogens is 255 g/mol. The smallest absolute Gasteiger partial charge is 0.162 e. The summed E-state index contributed by atoms with van der Waals surface area (Å²) in [4.78, 5) is 0. The first-order valence-corrected chi connectivity index (χ1v) is 5.66. The minimum atomic E-state index is -1.01. The third-order valence-electron chi connectivity index (χ3n) is 2.66. The number of ether oxygens (including phenoxy) is 1. The van der Waals surface area contributed by atoms with Crippen molar-refractivity contribution in [3.05, 3.63) is 65.0 Å². The SMILES string of the molecule is NCc1cccc(COc2ccc(F)c(F)c2)c1F. The van der Waals surface area contributed by atoms with Gasteiger partial charge in [0.1, 0.15) is 18.2 Å². The van der Waals surface area contributed by atoms with Crippen LogP contribution in [0, 0.1) is 17.5 Å². The second kappa shape index (κ2) is 5.75. The summed E-state index contributed by atoms with van der Waals surface area (Å²) in [5.41, 5.74) is 6.08. The average Bonchev–Trinajstić information content (AvgIpc) is 2.41. The Kier molecular flexibility index (Phi) is 4.06. The molecule has 0 heterocycles. The first-order chi connectivity index (χ1) is 9.11. The molecule has 0 aliphatic rings. The number of hydrogen-bond acceptors (Lipinski definition) is 2. The van der Waals surface area contributed by atoms with E-state index in [2.05, 4.69) is 0 Å². The van der Waals surface area contributed by atoms with Gasteiger partial charge in [-0.05, 0) is 12.1 Å². The van der Waals surface area contributed by atoms with E-state index in [0.717, 1.165) is 12.1 Å². The van der Waals surface area contributed by atoms with Gasteiger partial charge in [0, 0.05) is 23.7 Å². The number of halogens is 3. The van der Waals surface area contributed by atoms with Gasteiger partial charge < -0.3 is 10.5 Å². The van der Waals surface area contributed by atoms with Crippen LogP contribution in [0.15, 0.2) is 36.4 Å². The van der Waals surface area contributed by atoms with Crippen LogP contribution in [-0.4, -0.2) is 0 Å². The summed E-state index contributed by atoms with van der Waals surface area (Å²) < 4.78 is 44.7. The molecule has 0 aromatic heterocycles. The van der Waals surface area contributed by atoms with E-state index >= 15 is 0 Å². The van der Waals surface area contributed by atoms with Gasteiger partial charge in [-0.15, -0.1) is 0 Å². The molecule has 100 valence electrons. The van der Waals surface area contributed by atoms with Crippen LogP contribution in [0.4, 0.5) is 13.2 Å². The molecule has 2 rings (SSSR count). The van der Waals surface area contributed by atoms with Gasteiger partial charge in [0.25, 0.3) is 0 Å². The summed E-state index contributed by atoms with van der Waals surface area (Å²) in [7, 11) is 0. The summed E-state index contributed by atoms with van der Waals surface area (Å²) in [6.45, 7) is 0.00952. The fourth-order valence-electron chi connectivity index (χ4n) is 1.63. The van der Waals surface area contributed by atoms with Crippen molar-refractivity contribution in [1.82, 2.24) is 0 Å². The van der Waals surface area contributed by atoms with Gasteiger partial charge in [0.05, 0.1) is 0 Å². The quantitative estimate of drug-likeness (QED) is 0.923. The second-order valence-corrected chi connectivity index (χ2v) is 3.96. The van der Waals surface area contributed by atoms with Gasteiger partial charge in [-0.1, -0.05) is 18.2 Å². The first kappa shape index (κ1) is 13.4. The highest BCUT2D eigenvalue weighted by Gasteiger charge is 2.08. The summed E-state index contributed by atoms with van der Waals surface area (Å²) in [6.07, 6.45) is 0. The zero-order valence-corrected chi connectivity index (χ0v) is 10.00. The molecule has 19 heavy (non-hydrogen) atoms. The molecule has 0 bridgehead atoms. The molecule has 5 heteroatoms. The molecule has 0 amide bonds. The van der Waals surface area contributed by atoms with Crippen LogP contribution >= 0.6 is 0 Å². The van der Waals surface area contributed by atoms with Crippen molar-refractivity contribution in [2.24, 2.45) is 5.73 Å². The van der Waals surface area contributed by atoms with Crippen LogP contribution in [0.3, 0.4) is 0 Å². The van der Waals surface area contributed by atoms with Crippen LogP contribution in [-0.2, 0) is 13.2 Å². The Morgan fingerprint density at radius 3 is 2.37 bits per heavy atom. The standard InChI is InChI=1S/C14H12F3NO/c15-12-5-4-11(6-13(12)16)19-8-10-3-1-2-9(7-18)14(10)17/h1-6H,7-8,18H2. The van der Waals surface area contributed by atoms with Gasteiger partial charge in [0.2, 0.25) is 0 Å². The summed E-state index contributed by atoms with van der Waals surface area (Å²) in [5.74, 6) is -2.26. The van der Waals surface area contributed by atoms with Gasteiger partial charge in [-0.2, -0.15) is 0 Å². The summed E-state index contributed by atoms with van der Waals surface area (Å²) in [6, 6.07) is 7.94. The topological polar surface area (TPSA) is 35.2 Å². The highest BCUT2D eigenvalue weighted by molar-refractivity contribution is 5.27. The summed E-state index contributed by atoms with van der Waals surface area (Å²) in [5, 5.41) is 0. The Morgan fingerprint density at radius 2 is 1.68 bits per heavy atom. The first-order valence-electron chi connectivity index (χ1n) is 5.66. The van der Waals surface area contributed by atoms with Crippen molar-refractivity contribution in [2.75, 3.05) is 0 Å². The van der Waals surface area contributed by atoms with E-state index in [-0.39, 0.29) is 18.9 Å². The van der Waals surface area contributed by atoms with E-state index in [1.54, 1.807) is 18.2 Å². The monoisotopic (exact) mass is 267 g/mol. The molecule has 0 aliphatic carbocycles. The molecule has 0 saturated carbocycles. The van der Waals surface area contributed by atoms with E-state index in [4.69, 9.17) is 10.5 Å². The molecule has 2 aromatic rings. The minimum Gasteiger partial charge on any atom is -0.489 e. The maximum atomic E-state index is 13.8. The largest absolute Gasteiger partial charge is 0.489 e.